The van der Waals surface area contributed by atoms with Gasteiger partial charge in [-0.15, -0.1) is 0 Å². The average molecular weight is 425 g/mol. The smallest absolute Gasteiger partial charge is 0.411 e. The molecule has 29 heavy (non-hydrogen) atoms. The van der Waals surface area contributed by atoms with Crippen LogP contribution in [0.2, 0.25) is 5.02 Å². The molecule has 1 unspecified atom stereocenters. The summed E-state index contributed by atoms with van der Waals surface area (Å²) < 4.78 is 4.52. The molecule has 2 rings (SSSR count). The number of anilines is 1. The fourth-order valence-corrected chi connectivity index (χ4v) is 3.05. The first-order valence-electron chi connectivity index (χ1n) is 8.75. The first-order valence-corrected chi connectivity index (χ1v) is 9.13. The first kappa shape index (κ1) is 22.2. The fraction of sp³-hybridized carbons (Fsp3) is 0.389. The van der Waals surface area contributed by atoms with Crippen molar-refractivity contribution >= 4 is 46.9 Å². The van der Waals surface area contributed by atoms with Crippen LogP contribution in [-0.4, -0.2) is 56.3 Å². The number of benzene rings is 1. The Bertz CT molecular complexity index is 844. The molecule has 1 aromatic rings. The molecule has 0 aromatic heterocycles. The summed E-state index contributed by atoms with van der Waals surface area (Å²) in [5, 5.41) is 9.93. The van der Waals surface area contributed by atoms with Gasteiger partial charge in [-0.05, 0) is 31.0 Å². The zero-order valence-corrected chi connectivity index (χ0v) is 16.6. The van der Waals surface area contributed by atoms with Crippen LogP contribution in [0.25, 0.3) is 0 Å². The van der Waals surface area contributed by atoms with Gasteiger partial charge in [-0.2, -0.15) is 0 Å². The largest absolute Gasteiger partial charge is 0.453 e. The van der Waals surface area contributed by atoms with E-state index in [2.05, 4.69) is 26.0 Å². The standard InChI is InChI=1S/C18H21ClN4O6/c1-20-17(27)14(24)13(7-9-5-6-21-15(9)25)22-16(26)11-8-10(19)3-4-12(11)23-18(28)29-2/h3-4,8-9,13H,5-7H2,1-2H3,(H,20,27)(H,21,25)(H,22,26)(H,23,28)/t9-,13?/m0/s1. The molecule has 0 aliphatic carbocycles. The van der Waals surface area contributed by atoms with Crippen LogP contribution in [0.3, 0.4) is 0 Å². The van der Waals surface area contributed by atoms with E-state index in [4.69, 9.17) is 11.6 Å². The summed E-state index contributed by atoms with van der Waals surface area (Å²) in [5.41, 5.74) is 0.0666. The topological polar surface area (TPSA) is 143 Å². The lowest BCUT2D eigenvalue weighted by molar-refractivity contribution is -0.139. The summed E-state index contributed by atoms with van der Waals surface area (Å²) in [6, 6.07) is 2.92. The van der Waals surface area contributed by atoms with Crippen molar-refractivity contribution in [2.45, 2.75) is 18.9 Å². The molecule has 4 N–H and O–H groups in total. The zero-order valence-electron chi connectivity index (χ0n) is 15.8. The van der Waals surface area contributed by atoms with Gasteiger partial charge in [-0.3, -0.25) is 24.5 Å². The number of ketones is 1. The average Bonchev–Trinajstić information content (AvgIpc) is 3.11. The monoisotopic (exact) mass is 424 g/mol. The Labute approximate surface area is 171 Å². The lowest BCUT2D eigenvalue weighted by atomic mass is 9.95. The van der Waals surface area contributed by atoms with Crippen molar-refractivity contribution in [3.63, 3.8) is 0 Å². The molecule has 10 nitrogen and oxygen atoms in total. The number of carbonyl (C=O) groups is 5. The Morgan fingerprint density at radius 2 is 2.03 bits per heavy atom. The lowest BCUT2D eigenvalue weighted by Crippen LogP contribution is -2.48. The molecule has 0 radical (unpaired) electrons. The van der Waals surface area contributed by atoms with Gasteiger partial charge in [0.1, 0.15) is 0 Å². The van der Waals surface area contributed by atoms with E-state index < -0.39 is 35.7 Å². The minimum Gasteiger partial charge on any atom is -0.453 e. The maximum atomic E-state index is 12.8. The third-order valence-electron chi connectivity index (χ3n) is 4.40. The van der Waals surface area contributed by atoms with Crippen LogP contribution in [0.1, 0.15) is 23.2 Å². The lowest BCUT2D eigenvalue weighted by Gasteiger charge is -2.20. The number of Topliss-reactive ketones (excluding diaryl/α,β-unsaturated/α-hetero) is 1. The van der Waals surface area contributed by atoms with Gasteiger partial charge in [-0.25, -0.2) is 4.79 Å². The number of ether oxygens (including phenoxy) is 1. The summed E-state index contributed by atoms with van der Waals surface area (Å²) in [7, 11) is 2.45. The number of carbonyl (C=O) groups excluding carboxylic acids is 5. The van der Waals surface area contributed by atoms with Gasteiger partial charge in [0.2, 0.25) is 11.7 Å². The van der Waals surface area contributed by atoms with E-state index in [0.717, 1.165) is 7.11 Å². The normalized spacial score (nSPS) is 16.4. The number of nitrogens with one attached hydrogen (secondary N) is 4. The molecular formula is C18H21ClN4O6. The van der Waals surface area contributed by atoms with Crippen LogP contribution in [-0.2, 0) is 19.1 Å². The van der Waals surface area contributed by atoms with E-state index in [0.29, 0.717) is 13.0 Å². The van der Waals surface area contributed by atoms with Crippen molar-refractivity contribution < 1.29 is 28.7 Å². The third kappa shape index (κ3) is 5.67. The Morgan fingerprint density at radius 1 is 1.31 bits per heavy atom. The summed E-state index contributed by atoms with van der Waals surface area (Å²) in [5.74, 6) is -3.29. The molecule has 1 aromatic carbocycles. The summed E-state index contributed by atoms with van der Waals surface area (Å²) in [6.07, 6.45) is -0.357. The number of rotatable bonds is 7. The van der Waals surface area contributed by atoms with Gasteiger partial charge in [0.05, 0.1) is 24.4 Å². The van der Waals surface area contributed by atoms with Crippen molar-refractivity contribution in [3.05, 3.63) is 28.8 Å². The number of hydrogen-bond donors (Lipinski definition) is 4. The molecule has 156 valence electrons. The Morgan fingerprint density at radius 3 is 2.62 bits per heavy atom. The number of hydrogen-bond acceptors (Lipinski definition) is 6. The van der Waals surface area contributed by atoms with Crippen LogP contribution in [0.15, 0.2) is 18.2 Å². The second-order valence-electron chi connectivity index (χ2n) is 6.29. The quantitative estimate of drug-likeness (QED) is 0.468. The van der Waals surface area contributed by atoms with E-state index in [1.165, 1.54) is 25.2 Å². The molecular weight excluding hydrogens is 404 g/mol. The SMILES string of the molecule is CNC(=O)C(=O)C(C[C@@H]1CCNC1=O)NC(=O)c1cc(Cl)ccc1NC(=O)OC. The van der Waals surface area contributed by atoms with E-state index in [-0.39, 0.29) is 28.6 Å². The van der Waals surface area contributed by atoms with Crippen molar-refractivity contribution in [3.8, 4) is 0 Å². The minimum atomic E-state index is -1.23. The number of amides is 4. The molecule has 0 bridgehead atoms. The van der Waals surface area contributed by atoms with Gasteiger partial charge in [-0.1, -0.05) is 11.6 Å². The van der Waals surface area contributed by atoms with Gasteiger partial charge in [0.15, 0.2) is 0 Å². The highest BCUT2D eigenvalue weighted by Crippen LogP contribution is 2.22. The Kier molecular flexibility index (Phi) is 7.54. The maximum Gasteiger partial charge on any atom is 0.411 e. The highest BCUT2D eigenvalue weighted by Gasteiger charge is 2.34. The van der Waals surface area contributed by atoms with Crippen LogP contribution in [0.5, 0.6) is 0 Å². The van der Waals surface area contributed by atoms with E-state index in [9.17, 15) is 24.0 Å². The van der Waals surface area contributed by atoms with E-state index in [1.807, 2.05) is 0 Å². The molecule has 0 saturated carbocycles. The molecule has 2 atom stereocenters. The van der Waals surface area contributed by atoms with Crippen molar-refractivity contribution in [2.75, 3.05) is 26.0 Å². The van der Waals surface area contributed by atoms with Gasteiger partial charge >= 0.3 is 6.09 Å². The molecule has 1 aliphatic heterocycles. The molecule has 0 spiro atoms. The van der Waals surface area contributed by atoms with Gasteiger partial charge in [0.25, 0.3) is 11.8 Å². The second kappa shape index (κ2) is 9.87. The second-order valence-corrected chi connectivity index (χ2v) is 6.72. The maximum absolute atomic E-state index is 12.8. The van der Waals surface area contributed by atoms with E-state index >= 15 is 0 Å². The fourth-order valence-electron chi connectivity index (χ4n) is 2.88. The van der Waals surface area contributed by atoms with Crippen LogP contribution >= 0.6 is 11.6 Å². The van der Waals surface area contributed by atoms with Crippen LogP contribution < -0.4 is 21.3 Å². The minimum absolute atomic E-state index is 0.0338. The molecule has 11 heteroatoms. The predicted octanol–water partition coefficient (Wildman–Crippen LogP) is 0.458. The van der Waals surface area contributed by atoms with Gasteiger partial charge in [0, 0.05) is 24.5 Å². The first-order chi connectivity index (χ1) is 13.8. The van der Waals surface area contributed by atoms with Gasteiger partial charge < -0.3 is 20.7 Å². The summed E-state index contributed by atoms with van der Waals surface area (Å²) >= 11 is 5.95. The molecule has 1 heterocycles. The predicted molar refractivity (Wildman–Crippen MR) is 104 cm³/mol. The van der Waals surface area contributed by atoms with Crippen molar-refractivity contribution in [2.24, 2.45) is 5.92 Å². The Balaban J connectivity index is 2.27. The van der Waals surface area contributed by atoms with Crippen molar-refractivity contribution in [1.29, 1.82) is 0 Å². The van der Waals surface area contributed by atoms with E-state index in [1.54, 1.807) is 0 Å². The highest BCUT2D eigenvalue weighted by atomic mass is 35.5. The number of methoxy groups -OCH3 is 1. The highest BCUT2D eigenvalue weighted by molar-refractivity contribution is 6.38. The van der Waals surface area contributed by atoms with Crippen molar-refractivity contribution in [1.82, 2.24) is 16.0 Å². The summed E-state index contributed by atoms with van der Waals surface area (Å²) in [4.78, 5) is 60.5. The van der Waals surface area contributed by atoms with Crippen LogP contribution in [0, 0.1) is 5.92 Å². The molecule has 1 fully saturated rings. The molecule has 4 amide bonds. The third-order valence-corrected chi connectivity index (χ3v) is 4.64. The number of halogens is 1. The Hall–Kier alpha value is -3.14. The zero-order chi connectivity index (χ0) is 21.6. The molecule has 1 saturated heterocycles. The molecule has 1 aliphatic rings. The number of likely N-dealkylation sites (N-methyl/N-ethyl adjacent to an activating group) is 1. The van der Waals surface area contributed by atoms with Crippen LogP contribution in [0.4, 0.5) is 10.5 Å². The summed E-state index contributed by atoms with van der Waals surface area (Å²) in [6.45, 7) is 0.458.